The van der Waals surface area contributed by atoms with Crippen LogP contribution < -0.4 is 5.32 Å². The quantitative estimate of drug-likeness (QED) is 0.835. The number of thioether (sulfide) groups is 1. The predicted octanol–water partition coefficient (Wildman–Crippen LogP) is 4.27. The molecule has 1 aliphatic carbocycles. The zero-order chi connectivity index (χ0) is 16.0. The van der Waals surface area contributed by atoms with E-state index in [1.54, 1.807) is 11.8 Å². The van der Waals surface area contributed by atoms with Gasteiger partial charge in [-0.25, -0.2) is 0 Å². The fraction of sp³-hybridized carbons (Fsp3) is 0.333. The van der Waals surface area contributed by atoms with Crippen molar-refractivity contribution >= 4 is 23.4 Å². The number of allylic oxidation sites excluding steroid dienone is 2. The van der Waals surface area contributed by atoms with Crippen LogP contribution in [0.15, 0.2) is 45.0 Å². The van der Waals surface area contributed by atoms with E-state index in [9.17, 15) is 4.79 Å². The molecule has 4 rings (SSSR count). The van der Waals surface area contributed by atoms with E-state index in [4.69, 9.17) is 4.52 Å². The summed E-state index contributed by atoms with van der Waals surface area (Å²) in [6.07, 6.45) is 4.47. The van der Waals surface area contributed by atoms with Gasteiger partial charge in [-0.2, -0.15) is 0 Å². The standard InChI is InChI=1S/C18H18N2O2S/c1-10-15-16(11-6-8-12(23-2)9-7-11)17-13(4-3-5-14(17)21)19-18(15)22-20-10/h6-9,16,19H,3-5H2,1-2H3/t16-/m1/s1. The van der Waals surface area contributed by atoms with Gasteiger partial charge in [0.2, 0.25) is 5.88 Å². The van der Waals surface area contributed by atoms with Crippen LogP contribution in [0.2, 0.25) is 0 Å². The number of nitrogens with one attached hydrogen (secondary N) is 1. The highest BCUT2D eigenvalue weighted by atomic mass is 32.2. The summed E-state index contributed by atoms with van der Waals surface area (Å²) in [5, 5.41) is 7.41. The normalized spacial score (nSPS) is 20.1. The van der Waals surface area contributed by atoms with Crippen LogP contribution in [0.25, 0.3) is 0 Å². The van der Waals surface area contributed by atoms with Crippen molar-refractivity contribution in [2.45, 2.75) is 37.0 Å². The van der Waals surface area contributed by atoms with Gasteiger partial charge < -0.3 is 9.84 Å². The average Bonchev–Trinajstić information content (AvgIpc) is 2.94. The number of aryl methyl sites for hydroxylation is 1. The van der Waals surface area contributed by atoms with Crippen LogP contribution in [0.1, 0.15) is 42.0 Å². The molecule has 1 N–H and O–H groups in total. The van der Waals surface area contributed by atoms with Gasteiger partial charge in [0.15, 0.2) is 5.78 Å². The molecule has 2 aromatic rings. The van der Waals surface area contributed by atoms with Gasteiger partial charge in [0, 0.05) is 28.5 Å². The predicted molar refractivity (Wildman–Crippen MR) is 90.8 cm³/mol. The van der Waals surface area contributed by atoms with E-state index in [-0.39, 0.29) is 11.7 Å². The second kappa shape index (κ2) is 5.57. The molecule has 1 aliphatic heterocycles. The minimum atomic E-state index is -0.0730. The molecule has 2 heterocycles. The number of benzene rings is 1. The summed E-state index contributed by atoms with van der Waals surface area (Å²) in [6, 6.07) is 8.45. The molecule has 1 atom stereocenters. The SMILES string of the molecule is CSc1ccc([C@H]2C3=C(CCCC3=O)Nc3onc(C)c32)cc1. The Hall–Kier alpha value is -2.01. The van der Waals surface area contributed by atoms with Gasteiger partial charge in [-0.3, -0.25) is 4.79 Å². The van der Waals surface area contributed by atoms with Crippen molar-refractivity contribution < 1.29 is 9.32 Å². The topological polar surface area (TPSA) is 55.1 Å². The van der Waals surface area contributed by atoms with E-state index in [2.05, 4.69) is 41.0 Å². The highest BCUT2D eigenvalue weighted by Gasteiger charge is 2.38. The number of anilines is 1. The van der Waals surface area contributed by atoms with E-state index in [1.807, 2.05) is 6.92 Å². The molecule has 0 saturated heterocycles. The summed E-state index contributed by atoms with van der Waals surface area (Å²) in [5.74, 6) is 0.857. The molecule has 0 amide bonds. The number of carbonyl (C=O) groups excluding carboxylic acids is 1. The maximum Gasteiger partial charge on any atom is 0.233 e. The van der Waals surface area contributed by atoms with Crippen LogP contribution in [-0.4, -0.2) is 17.2 Å². The summed E-state index contributed by atoms with van der Waals surface area (Å²) in [5.41, 5.74) is 4.86. The van der Waals surface area contributed by atoms with Gasteiger partial charge >= 0.3 is 0 Å². The minimum Gasteiger partial charge on any atom is -0.338 e. The molecule has 0 saturated carbocycles. The molecule has 2 aliphatic rings. The van der Waals surface area contributed by atoms with Gasteiger partial charge in [-0.05, 0) is 43.7 Å². The molecule has 0 bridgehead atoms. The Morgan fingerprint density at radius 3 is 2.78 bits per heavy atom. The third-order valence-corrected chi connectivity index (χ3v) is 5.40. The van der Waals surface area contributed by atoms with E-state index in [1.165, 1.54) is 4.90 Å². The fourth-order valence-electron chi connectivity index (χ4n) is 3.55. The van der Waals surface area contributed by atoms with Gasteiger partial charge in [-0.1, -0.05) is 17.3 Å². The van der Waals surface area contributed by atoms with Crippen LogP contribution in [0, 0.1) is 6.92 Å². The monoisotopic (exact) mass is 326 g/mol. The molecule has 118 valence electrons. The molecule has 4 nitrogen and oxygen atoms in total. The zero-order valence-electron chi connectivity index (χ0n) is 13.2. The van der Waals surface area contributed by atoms with Crippen molar-refractivity contribution in [1.82, 2.24) is 5.16 Å². The molecule has 0 fully saturated rings. The highest BCUT2D eigenvalue weighted by Crippen LogP contribution is 2.46. The molecule has 1 aromatic carbocycles. The van der Waals surface area contributed by atoms with Gasteiger partial charge in [-0.15, -0.1) is 11.8 Å². The number of hydrogen-bond acceptors (Lipinski definition) is 5. The van der Waals surface area contributed by atoms with E-state index >= 15 is 0 Å². The lowest BCUT2D eigenvalue weighted by atomic mass is 9.76. The zero-order valence-corrected chi connectivity index (χ0v) is 14.0. The first-order valence-electron chi connectivity index (χ1n) is 7.82. The summed E-state index contributed by atoms with van der Waals surface area (Å²) in [7, 11) is 0. The van der Waals surface area contributed by atoms with Crippen molar-refractivity contribution in [3.63, 3.8) is 0 Å². The van der Waals surface area contributed by atoms with Gasteiger partial charge in [0.05, 0.1) is 11.3 Å². The van der Waals surface area contributed by atoms with Crippen LogP contribution in [-0.2, 0) is 4.79 Å². The fourth-order valence-corrected chi connectivity index (χ4v) is 3.95. The van der Waals surface area contributed by atoms with Crippen LogP contribution in [0.4, 0.5) is 5.88 Å². The second-order valence-electron chi connectivity index (χ2n) is 6.01. The molecular formula is C18H18N2O2S. The van der Waals surface area contributed by atoms with Crippen LogP contribution >= 0.6 is 11.8 Å². The lowest BCUT2D eigenvalue weighted by Gasteiger charge is -2.31. The van der Waals surface area contributed by atoms with E-state index < -0.39 is 0 Å². The molecule has 0 unspecified atom stereocenters. The summed E-state index contributed by atoms with van der Waals surface area (Å²) in [4.78, 5) is 13.8. The van der Waals surface area contributed by atoms with Crippen molar-refractivity contribution in [3.05, 3.63) is 52.4 Å². The van der Waals surface area contributed by atoms with Crippen molar-refractivity contribution in [2.75, 3.05) is 11.6 Å². The second-order valence-corrected chi connectivity index (χ2v) is 6.89. The maximum absolute atomic E-state index is 12.6. The average molecular weight is 326 g/mol. The molecular weight excluding hydrogens is 308 g/mol. The van der Waals surface area contributed by atoms with Crippen molar-refractivity contribution in [3.8, 4) is 0 Å². The van der Waals surface area contributed by atoms with Gasteiger partial charge in [0.1, 0.15) is 0 Å². The Morgan fingerprint density at radius 2 is 2.04 bits per heavy atom. The number of carbonyl (C=O) groups is 1. The van der Waals surface area contributed by atoms with Crippen LogP contribution in [0.5, 0.6) is 0 Å². The number of ketones is 1. The summed E-state index contributed by atoms with van der Waals surface area (Å²) in [6.45, 7) is 1.94. The smallest absolute Gasteiger partial charge is 0.233 e. The number of hydrogen-bond donors (Lipinski definition) is 1. The molecule has 0 radical (unpaired) electrons. The molecule has 1 aromatic heterocycles. The Kier molecular flexibility index (Phi) is 3.53. The highest BCUT2D eigenvalue weighted by molar-refractivity contribution is 7.98. The number of Topliss-reactive ketones (excluding diaryl/α,β-unsaturated/α-hetero) is 1. The Labute approximate surface area is 139 Å². The third-order valence-electron chi connectivity index (χ3n) is 4.66. The largest absolute Gasteiger partial charge is 0.338 e. The number of fused-ring (bicyclic) bond motifs is 1. The number of nitrogens with zero attached hydrogens (tertiary/aromatic N) is 1. The lowest BCUT2D eigenvalue weighted by molar-refractivity contribution is -0.116. The van der Waals surface area contributed by atoms with Gasteiger partial charge in [0.25, 0.3) is 0 Å². The Bertz CT molecular complexity index is 805. The van der Waals surface area contributed by atoms with Crippen molar-refractivity contribution in [2.24, 2.45) is 0 Å². The summed E-state index contributed by atoms with van der Waals surface area (Å²) < 4.78 is 5.46. The Balaban J connectivity index is 1.90. The number of aromatic nitrogens is 1. The van der Waals surface area contributed by atoms with Crippen molar-refractivity contribution in [1.29, 1.82) is 0 Å². The number of rotatable bonds is 2. The third kappa shape index (κ3) is 2.30. The molecule has 5 heteroatoms. The van der Waals surface area contributed by atoms with E-state index in [0.717, 1.165) is 40.9 Å². The Morgan fingerprint density at radius 1 is 1.26 bits per heavy atom. The van der Waals surface area contributed by atoms with E-state index in [0.29, 0.717) is 12.3 Å². The first kappa shape index (κ1) is 14.6. The molecule has 0 spiro atoms. The summed E-state index contributed by atoms with van der Waals surface area (Å²) >= 11 is 1.72. The lowest BCUT2D eigenvalue weighted by Crippen LogP contribution is -2.26. The maximum atomic E-state index is 12.6. The minimum absolute atomic E-state index is 0.0730. The first-order valence-corrected chi connectivity index (χ1v) is 9.05. The first-order chi connectivity index (χ1) is 11.2. The van der Waals surface area contributed by atoms with Crippen LogP contribution in [0.3, 0.4) is 0 Å². The molecule has 23 heavy (non-hydrogen) atoms.